The van der Waals surface area contributed by atoms with Gasteiger partial charge in [0.05, 0.1) is 10.7 Å². The summed E-state index contributed by atoms with van der Waals surface area (Å²) in [6.07, 6.45) is 1.63. The van der Waals surface area contributed by atoms with Crippen molar-refractivity contribution in [1.82, 2.24) is 5.43 Å². The average molecular weight is 432 g/mol. The van der Waals surface area contributed by atoms with Gasteiger partial charge in [-0.2, -0.15) is 5.10 Å². The lowest BCUT2D eigenvalue weighted by Crippen LogP contribution is -2.24. The molecule has 2 rings (SSSR count). The van der Waals surface area contributed by atoms with Crippen LogP contribution in [0.1, 0.15) is 10.4 Å². The molecule has 0 aliphatic heterocycles. The van der Waals surface area contributed by atoms with Crippen molar-refractivity contribution >= 4 is 55.3 Å². The highest BCUT2D eigenvalue weighted by Gasteiger charge is 2.05. The lowest BCUT2D eigenvalue weighted by Gasteiger charge is -2.07. The first-order valence-corrected chi connectivity index (χ1v) is 8.46. The van der Waals surface area contributed by atoms with Crippen LogP contribution in [0, 0.1) is 6.92 Å². The summed E-state index contributed by atoms with van der Waals surface area (Å²) in [7, 11) is 0. The van der Waals surface area contributed by atoms with E-state index in [0.29, 0.717) is 5.75 Å². The summed E-state index contributed by atoms with van der Waals surface area (Å²) in [6.45, 7) is 1.90. The van der Waals surface area contributed by atoms with E-state index in [2.05, 4.69) is 42.4 Å². The highest BCUT2D eigenvalue weighted by Crippen LogP contribution is 2.28. The lowest BCUT2D eigenvalue weighted by molar-refractivity contribution is -0.123. The molecule has 21 heavy (non-hydrogen) atoms. The highest BCUT2D eigenvalue weighted by molar-refractivity contribution is 9.11. The molecule has 0 aliphatic carbocycles. The molecule has 0 radical (unpaired) electrons. The topological polar surface area (TPSA) is 50.7 Å². The first kappa shape index (κ1) is 16.2. The number of carbonyl (C=O) groups is 1. The molecule has 1 N–H and O–H groups in total. The van der Waals surface area contributed by atoms with Crippen molar-refractivity contribution in [1.29, 1.82) is 0 Å². The standard InChI is InChI=1S/C14H12Br2N2O2S/c1-9-4-5-21-13(9)7-17-18-14(19)8-20-12-3-2-10(15)6-11(12)16/h2-7H,8H2,1H3,(H,18,19)/b17-7-. The van der Waals surface area contributed by atoms with Crippen LogP contribution in [0.15, 0.2) is 43.7 Å². The van der Waals surface area contributed by atoms with Crippen molar-refractivity contribution in [3.05, 3.63) is 49.0 Å². The van der Waals surface area contributed by atoms with Crippen LogP contribution in [-0.4, -0.2) is 18.7 Å². The minimum Gasteiger partial charge on any atom is -0.483 e. The van der Waals surface area contributed by atoms with Crippen molar-refractivity contribution in [2.24, 2.45) is 5.10 Å². The molecule has 0 atom stereocenters. The third kappa shape index (κ3) is 4.94. The smallest absolute Gasteiger partial charge is 0.277 e. The summed E-state index contributed by atoms with van der Waals surface area (Å²) < 4.78 is 7.13. The van der Waals surface area contributed by atoms with E-state index in [0.717, 1.165) is 19.4 Å². The van der Waals surface area contributed by atoms with Crippen LogP contribution >= 0.6 is 43.2 Å². The molecule has 0 unspecified atom stereocenters. The Kier molecular flexibility index (Phi) is 5.96. The maximum atomic E-state index is 11.6. The fraction of sp³-hybridized carbons (Fsp3) is 0.143. The molecule has 0 saturated carbocycles. The summed E-state index contributed by atoms with van der Waals surface area (Å²) in [5, 5.41) is 5.89. The number of carbonyl (C=O) groups excluding carboxylic acids is 1. The Hall–Kier alpha value is -1.18. The third-order valence-corrected chi connectivity index (χ3v) is 4.59. The second-order valence-electron chi connectivity index (χ2n) is 4.12. The highest BCUT2D eigenvalue weighted by atomic mass is 79.9. The van der Waals surface area contributed by atoms with Crippen molar-refractivity contribution in [3.8, 4) is 5.75 Å². The van der Waals surface area contributed by atoms with Crippen LogP contribution in [-0.2, 0) is 4.79 Å². The van der Waals surface area contributed by atoms with E-state index in [1.165, 1.54) is 0 Å². The minimum absolute atomic E-state index is 0.0962. The molecule has 0 bridgehead atoms. The van der Waals surface area contributed by atoms with Gasteiger partial charge in [-0.3, -0.25) is 4.79 Å². The fourth-order valence-corrected chi connectivity index (χ4v) is 3.40. The quantitative estimate of drug-likeness (QED) is 0.572. The van der Waals surface area contributed by atoms with Gasteiger partial charge < -0.3 is 4.74 Å². The summed E-state index contributed by atoms with van der Waals surface area (Å²) in [5.41, 5.74) is 3.57. The van der Waals surface area contributed by atoms with Crippen LogP contribution in [0.25, 0.3) is 0 Å². The average Bonchev–Trinajstić information content (AvgIpc) is 2.83. The maximum Gasteiger partial charge on any atom is 0.277 e. The number of hydrogen-bond donors (Lipinski definition) is 1. The maximum absolute atomic E-state index is 11.6. The van der Waals surface area contributed by atoms with Crippen LogP contribution < -0.4 is 10.2 Å². The van der Waals surface area contributed by atoms with Crippen molar-refractivity contribution in [2.45, 2.75) is 6.92 Å². The van der Waals surface area contributed by atoms with Crippen LogP contribution in [0.3, 0.4) is 0 Å². The largest absolute Gasteiger partial charge is 0.483 e. The summed E-state index contributed by atoms with van der Waals surface area (Å²) in [6, 6.07) is 7.47. The number of nitrogens with zero attached hydrogens (tertiary/aromatic N) is 1. The van der Waals surface area contributed by atoms with Gasteiger partial charge in [0.1, 0.15) is 5.75 Å². The molecule has 0 aliphatic rings. The number of ether oxygens (including phenoxy) is 1. The molecule has 0 spiro atoms. The van der Waals surface area contributed by atoms with Gasteiger partial charge >= 0.3 is 0 Å². The Morgan fingerprint density at radius 1 is 1.43 bits per heavy atom. The monoisotopic (exact) mass is 430 g/mol. The molecule has 1 heterocycles. The Morgan fingerprint density at radius 3 is 2.90 bits per heavy atom. The van der Waals surface area contributed by atoms with Gasteiger partial charge in [0.25, 0.3) is 5.91 Å². The Balaban J connectivity index is 1.82. The Labute approximate surface area is 143 Å². The Bertz CT molecular complexity index is 671. The number of thiophene rings is 1. The number of benzene rings is 1. The van der Waals surface area contributed by atoms with Crippen LogP contribution in [0.5, 0.6) is 5.75 Å². The first-order chi connectivity index (χ1) is 10.1. The van der Waals surface area contributed by atoms with Crippen LogP contribution in [0.4, 0.5) is 0 Å². The number of amides is 1. The fourth-order valence-electron chi connectivity index (χ4n) is 1.45. The number of hydrazone groups is 1. The summed E-state index contributed by atoms with van der Waals surface area (Å²) >= 11 is 8.29. The second-order valence-corrected chi connectivity index (χ2v) is 6.84. The van der Waals surface area contributed by atoms with Gasteiger partial charge in [0, 0.05) is 9.35 Å². The van der Waals surface area contributed by atoms with E-state index in [1.54, 1.807) is 23.6 Å². The van der Waals surface area contributed by atoms with Crippen molar-refractivity contribution in [2.75, 3.05) is 6.61 Å². The molecular formula is C14H12Br2N2O2S. The number of halogens is 2. The normalized spacial score (nSPS) is 10.8. The number of hydrogen-bond acceptors (Lipinski definition) is 4. The van der Waals surface area contributed by atoms with Crippen LogP contribution in [0.2, 0.25) is 0 Å². The number of rotatable bonds is 5. The second kappa shape index (κ2) is 7.72. The van der Waals surface area contributed by atoms with Gasteiger partial charge in [-0.05, 0) is 58.1 Å². The van der Waals surface area contributed by atoms with E-state index in [-0.39, 0.29) is 12.5 Å². The molecular weight excluding hydrogens is 420 g/mol. The van der Waals surface area contributed by atoms with Gasteiger partial charge in [-0.1, -0.05) is 15.9 Å². The molecule has 2 aromatic rings. The summed E-state index contributed by atoms with van der Waals surface area (Å²) in [5.74, 6) is 0.293. The molecule has 0 saturated heterocycles. The van der Waals surface area contributed by atoms with E-state index < -0.39 is 0 Å². The molecule has 1 amide bonds. The molecule has 1 aromatic carbocycles. The predicted octanol–water partition coefficient (Wildman–Crippen LogP) is 4.11. The van der Waals surface area contributed by atoms with E-state index in [4.69, 9.17) is 4.74 Å². The first-order valence-electron chi connectivity index (χ1n) is 6.00. The van der Waals surface area contributed by atoms with Gasteiger partial charge in [0.15, 0.2) is 6.61 Å². The van der Waals surface area contributed by atoms with E-state index in [1.807, 2.05) is 30.5 Å². The third-order valence-electron chi connectivity index (χ3n) is 2.53. The van der Waals surface area contributed by atoms with Crippen molar-refractivity contribution in [3.63, 3.8) is 0 Å². The predicted molar refractivity (Wildman–Crippen MR) is 92.1 cm³/mol. The van der Waals surface area contributed by atoms with E-state index >= 15 is 0 Å². The zero-order valence-electron chi connectivity index (χ0n) is 11.1. The zero-order valence-corrected chi connectivity index (χ0v) is 15.1. The van der Waals surface area contributed by atoms with Gasteiger partial charge in [0.2, 0.25) is 0 Å². The molecule has 1 aromatic heterocycles. The van der Waals surface area contributed by atoms with Crippen molar-refractivity contribution < 1.29 is 9.53 Å². The molecule has 4 nitrogen and oxygen atoms in total. The van der Waals surface area contributed by atoms with Gasteiger partial charge in [-0.25, -0.2) is 5.43 Å². The minimum atomic E-state index is -0.310. The zero-order chi connectivity index (χ0) is 15.2. The van der Waals surface area contributed by atoms with E-state index in [9.17, 15) is 4.79 Å². The lowest BCUT2D eigenvalue weighted by atomic mass is 10.3. The number of aryl methyl sites for hydroxylation is 1. The Morgan fingerprint density at radius 2 is 2.24 bits per heavy atom. The molecule has 0 fully saturated rings. The SMILES string of the molecule is Cc1ccsc1/C=N\NC(=O)COc1ccc(Br)cc1Br. The molecule has 110 valence electrons. The summed E-state index contributed by atoms with van der Waals surface area (Å²) in [4.78, 5) is 12.7. The van der Waals surface area contributed by atoms with Gasteiger partial charge in [-0.15, -0.1) is 11.3 Å². The molecule has 7 heteroatoms. The number of nitrogens with one attached hydrogen (secondary N) is 1.